The number of nitrogens with one attached hydrogen (secondary N) is 2. The molecule has 2 fully saturated rings. The third-order valence-electron chi connectivity index (χ3n) is 4.70. The molecule has 2 aliphatic rings. The Labute approximate surface area is 111 Å². The summed E-state index contributed by atoms with van der Waals surface area (Å²) in [4.78, 5) is 12.4. The van der Waals surface area contributed by atoms with E-state index in [2.05, 4.69) is 17.6 Å². The third kappa shape index (κ3) is 3.71. The van der Waals surface area contributed by atoms with Crippen molar-refractivity contribution >= 4 is 5.91 Å². The minimum Gasteiger partial charge on any atom is -0.353 e. The summed E-state index contributed by atoms with van der Waals surface area (Å²) in [5.41, 5.74) is -0.131. The molecule has 0 atom stereocenters. The van der Waals surface area contributed by atoms with Crippen LogP contribution >= 0.6 is 0 Å². The molecule has 3 heteroatoms. The fourth-order valence-corrected chi connectivity index (χ4v) is 3.17. The summed E-state index contributed by atoms with van der Waals surface area (Å²) in [5.74, 6) is 0.301. The van der Waals surface area contributed by atoms with Gasteiger partial charge in [0.25, 0.3) is 0 Å². The fraction of sp³-hybridized carbons (Fsp3) is 0.933. The van der Waals surface area contributed by atoms with Crippen LogP contribution in [0.25, 0.3) is 0 Å². The summed E-state index contributed by atoms with van der Waals surface area (Å²) >= 11 is 0. The van der Waals surface area contributed by atoms with E-state index in [9.17, 15) is 4.79 Å². The highest BCUT2D eigenvalue weighted by molar-refractivity contribution is 5.82. The molecule has 1 aliphatic heterocycles. The van der Waals surface area contributed by atoms with E-state index >= 15 is 0 Å². The zero-order valence-corrected chi connectivity index (χ0v) is 11.8. The quantitative estimate of drug-likeness (QED) is 0.793. The van der Waals surface area contributed by atoms with E-state index in [4.69, 9.17) is 0 Å². The van der Waals surface area contributed by atoms with Crippen molar-refractivity contribution in [3.05, 3.63) is 0 Å². The van der Waals surface area contributed by atoms with Crippen molar-refractivity contribution in [2.45, 2.75) is 70.8 Å². The lowest BCUT2D eigenvalue weighted by atomic mass is 9.79. The summed E-state index contributed by atoms with van der Waals surface area (Å²) in [7, 11) is 0. The summed E-state index contributed by atoms with van der Waals surface area (Å²) in [6, 6.07) is 0.435. The summed E-state index contributed by atoms with van der Waals surface area (Å²) in [5, 5.41) is 6.67. The van der Waals surface area contributed by atoms with E-state index in [1.54, 1.807) is 0 Å². The Morgan fingerprint density at radius 1 is 1.06 bits per heavy atom. The number of rotatable bonds is 2. The van der Waals surface area contributed by atoms with Crippen LogP contribution in [0, 0.1) is 5.41 Å². The van der Waals surface area contributed by atoms with Crippen LogP contribution < -0.4 is 10.6 Å². The second-order valence-corrected chi connectivity index (χ2v) is 6.33. The van der Waals surface area contributed by atoms with Gasteiger partial charge in [0, 0.05) is 11.5 Å². The van der Waals surface area contributed by atoms with Gasteiger partial charge in [-0.15, -0.1) is 0 Å². The monoisotopic (exact) mass is 252 g/mol. The zero-order chi connectivity index (χ0) is 12.8. The van der Waals surface area contributed by atoms with Crippen molar-refractivity contribution in [2.75, 3.05) is 13.1 Å². The molecule has 3 nitrogen and oxygen atoms in total. The maximum absolute atomic E-state index is 12.4. The first kappa shape index (κ1) is 13.9. The largest absolute Gasteiger partial charge is 0.353 e. The lowest BCUT2D eigenvalue weighted by Gasteiger charge is -2.34. The standard InChI is InChI=1S/C15H28N2O/c1-15(9-11-16-12-10-15)14(18)17-13-7-5-3-2-4-6-8-13/h13,16H,2-12H2,1H3,(H,17,18). The Hall–Kier alpha value is -0.570. The van der Waals surface area contributed by atoms with Gasteiger partial charge in [0.05, 0.1) is 0 Å². The minimum absolute atomic E-state index is 0.131. The number of carbonyl (C=O) groups is 1. The Morgan fingerprint density at radius 2 is 1.61 bits per heavy atom. The van der Waals surface area contributed by atoms with E-state index in [-0.39, 0.29) is 5.41 Å². The molecule has 2 N–H and O–H groups in total. The van der Waals surface area contributed by atoms with E-state index < -0.39 is 0 Å². The third-order valence-corrected chi connectivity index (χ3v) is 4.70. The predicted molar refractivity (Wildman–Crippen MR) is 74.5 cm³/mol. The molecule has 1 saturated carbocycles. The van der Waals surface area contributed by atoms with Crippen LogP contribution in [0.5, 0.6) is 0 Å². The van der Waals surface area contributed by atoms with Gasteiger partial charge in [-0.3, -0.25) is 4.79 Å². The van der Waals surface area contributed by atoms with E-state index in [1.165, 1.54) is 44.9 Å². The minimum atomic E-state index is -0.131. The van der Waals surface area contributed by atoms with Gasteiger partial charge in [-0.2, -0.15) is 0 Å². The molecule has 0 aromatic rings. The number of carbonyl (C=O) groups excluding carboxylic acids is 1. The van der Waals surface area contributed by atoms with Crippen LogP contribution in [0.1, 0.15) is 64.7 Å². The molecule has 0 aromatic heterocycles. The number of hydrogen-bond acceptors (Lipinski definition) is 2. The highest BCUT2D eigenvalue weighted by Crippen LogP contribution is 2.29. The topological polar surface area (TPSA) is 41.1 Å². The molecular weight excluding hydrogens is 224 g/mol. The van der Waals surface area contributed by atoms with Crippen molar-refractivity contribution in [3.8, 4) is 0 Å². The lowest BCUT2D eigenvalue weighted by Crippen LogP contribution is -2.48. The van der Waals surface area contributed by atoms with Gasteiger partial charge in [0.2, 0.25) is 5.91 Å². The molecule has 1 aliphatic carbocycles. The van der Waals surface area contributed by atoms with Gasteiger partial charge in [0.1, 0.15) is 0 Å². The molecule has 1 saturated heterocycles. The molecule has 2 rings (SSSR count). The highest BCUT2D eigenvalue weighted by Gasteiger charge is 2.35. The summed E-state index contributed by atoms with van der Waals surface area (Å²) in [6.45, 7) is 4.09. The van der Waals surface area contributed by atoms with Gasteiger partial charge < -0.3 is 10.6 Å². The normalized spacial score (nSPS) is 26.1. The number of amides is 1. The molecule has 0 spiro atoms. The Morgan fingerprint density at radius 3 is 2.22 bits per heavy atom. The molecule has 18 heavy (non-hydrogen) atoms. The van der Waals surface area contributed by atoms with Crippen LogP contribution in [0.15, 0.2) is 0 Å². The molecule has 1 heterocycles. The van der Waals surface area contributed by atoms with Gasteiger partial charge in [-0.25, -0.2) is 0 Å². The van der Waals surface area contributed by atoms with Crippen LogP contribution in [0.3, 0.4) is 0 Å². The Kier molecular flexibility index (Phi) is 5.04. The Bertz CT molecular complexity index is 264. The average Bonchev–Trinajstić information content (AvgIpc) is 2.33. The van der Waals surface area contributed by atoms with Gasteiger partial charge in [0.15, 0.2) is 0 Å². The van der Waals surface area contributed by atoms with E-state index in [0.717, 1.165) is 25.9 Å². The second kappa shape index (κ2) is 6.55. The van der Waals surface area contributed by atoms with Crippen molar-refractivity contribution < 1.29 is 4.79 Å². The maximum atomic E-state index is 12.4. The first-order valence-electron chi connectivity index (χ1n) is 7.72. The molecule has 1 amide bonds. The molecular formula is C15H28N2O. The first-order valence-corrected chi connectivity index (χ1v) is 7.72. The average molecular weight is 252 g/mol. The fourth-order valence-electron chi connectivity index (χ4n) is 3.17. The number of hydrogen-bond donors (Lipinski definition) is 2. The van der Waals surface area contributed by atoms with Crippen LogP contribution in [-0.2, 0) is 4.79 Å². The van der Waals surface area contributed by atoms with Crippen LogP contribution in [-0.4, -0.2) is 25.0 Å². The van der Waals surface area contributed by atoms with Crippen molar-refractivity contribution in [3.63, 3.8) is 0 Å². The molecule has 0 unspecified atom stereocenters. The van der Waals surface area contributed by atoms with Gasteiger partial charge in [-0.1, -0.05) is 39.0 Å². The molecule has 0 bridgehead atoms. The number of piperidine rings is 1. The summed E-state index contributed by atoms with van der Waals surface area (Å²) in [6.07, 6.45) is 10.9. The predicted octanol–water partition coefficient (Wildman–Crippen LogP) is 2.61. The van der Waals surface area contributed by atoms with Crippen molar-refractivity contribution in [1.82, 2.24) is 10.6 Å². The zero-order valence-electron chi connectivity index (χ0n) is 11.8. The second-order valence-electron chi connectivity index (χ2n) is 6.33. The van der Waals surface area contributed by atoms with Gasteiger partial charge >= 0.3 is 0 Å². The lowest BCUT2D eigenvalue weighted by molar-refractivity contribution is -0.132. The summed E-state index contributed by atoms with van der Waals surface area (Å²) < 4.78 is 0. The Balaban J connectivity index is 1.84. The van der Waals surface area contributed by atoms with Crippen LogP contribution in [0.4, 0.5) is 0 Å². The van der Waals surface area contributed by atoms with Crippen molar-refractivity contribution in [2.24, 2.45) is 5.41 Å². The van der Waals surface area contributed by atoms with E-state index in [1.807, 2.05) is 0 Å². The highest BCUT2D eigenvalue weighted by atomic mass is 16.2. The van der Waals surface area contributed by atoms with Crippen LogP contribution in [0.2, 0.25) is 0 Å². The van der Waals surface area contributed by atoms with Crippen molar-refractivity contribution in [1.29, 1.82) is 0 Å². The molecule has 0 radical (unpaired) electrons. The first-order chi connectivity index (χ1) is 8.71. The molecule has 104 valence electrons. The van der Waals surface area contributed by atoms with E-state index in [0.29, 0.717) is 11.9 Å². The smallest absolute Gasteiger partial charge is 0.226 e. The van der Waals surface area contributed by atoms with Gasteiger partial charge in [-0.05, 0) is 38.8 Å². The maximum Gasteiger partial charge on any atom is 0.226 e. The SMILES string of the molecule is CC1(C(=O)NC2CCCCCCC2)CCNCC1. The molecule has 0 aromatic carbocycles.